The fourth-order valence-corrected chi connectivity index (χ4v) is 3.04. The topological polar surface area (TPSA) is 9.23 Å². The van der Waals surface area contributed by atoms with Crippen molar-refractivity contribution in [3.05, 3.63) is 24.6 Å². The Kier molecular flexibility index (Phi) is 18.4. The predicted molar refractivity (Wildman–Crippen MR) is 44.7 cm³/mol. The third kappa shape index (κ3) is 11.2. The van der Waals surface area contributed by atoms with Gasteiger partial charge in [0, 0.05) is 40.8 Å². The van der Waals surface area contributed by atoms with Crippen LogP contribution < -0.4 is 0 Å². The summed E-state index contributed by atoms with van der Waals surface area (Å²) >= 11 is 0. The van der Waals surface area contributed by atoms with Crippen LogP contribution in [-0.2, 0) is 45.0 Å². The van der Waals surface area contributed by atoms with Gasteiger partial charge in [0.25, 0.3) is 0 Å². The Morgan fingerprint density at radius 3 is 1.45 bits per heavy atom. The molecule has 0 aliphatic carbocycles. The summed E-state index contributed by atoms with van der Waals surface area (Å²) in [4.78, 5) is 0. The molecule has 0 saturated carbocycles. The fourth-order valence-electron chi connectivity index (χ4n) is 0.337. The molecule has 0 atom stereocenters. The predicted octanol–water partition coefficient (Wildman–Crippen LogP) is 1.69. The molecule has 0 aliphatic rings. The van der Waals surface area contributed by atoms with Gasteiger partial charge in [0.05, 0.1) is 0 Å². The third-order valence-corrected chi connectivity index (χ3v) is 4.62. The molecule has 0 rings (SSSR count). The summed E-state index contributed by atoms with van der Waals surface area (Å²) in [6.45, 7) is 11.5. The van der Waals surface area contributed by atoms with E-state index in [1.807, 2.05) is 11.4 Å². The number of hydrogen-bond donors (Lipinski definition) is 0. The van der Waals surface area contributed by atoms with Crippen LogP contribution in [0.15, 0.2) is 24.6 Å². The summed E-state index contributed by atoms with van der Waals surface area (Å²) in [6, 6.07) is 0. The van der Waals surface area contributed by atoms with Crippen molar-refractivity contribution in [3.8, 4) is 0 Å². The van der Waals surface area contributed by atoms with E-state index in [1.54, 1.807) is 0 Å². The standard InChI is InChI=1S/C6H12OSi2.2Re/c1-5-8(3)7-9(4)6-2;;/h5-6H,1-2H2,3-4H3;;. The summed E-state index contributed by atoms with van der Waals surface area (Å²) in [5, 5.41) is 0. The molecule has 0 aromatic carbocycles. The van der Waals surface area contributed by atoms with E-state index in [4.69, 9.17) is 4.12 Å². The molecule has 4 radical (unpaired) electrons. The first kappa shape index (κ1) is 18.1. The molecule has 5 heteroatoms. The van der Waals surface area contributed by atoms with Crippen molar-refractivity contribution in [1.82, 2.24) is 0 Å². The van der Waals surface area contributed by atoms with E-state index in [2.05, 4.69) is 26.3 Å². The molecule has 11 heavy (non-hydrogen) atoms. The average Bonchev–Trinajstić information content (AvgIpc) is 1.87. The van der Waals surface area contributed by atoms with Crippen molar-refractivity contribution in [2.24, 2.45) is 0 Å². The second kappa shape index (κ2) is 11.2. The maximum absolute atomic E-state index is 5.52. The quantitative estimate of drug-likeness (QED) is 0.505. The monoisotopic (exact) mass is 530 g/mol. The largest absolute Gasteiger partial charge is 0.450 e. The maximum atomic E-state index is 5.52. The summed E-state index contributed by atoms with van der Waals surface area (Å²) in [6.07, 6.45) is 0. The molecule has 0 unspecified atom stereocenters. The van der Waals surface area contributed by atoms with Gasteiger partial charge in [-0.05, 0) is 13.1 Å². The van der Waals surface area contributed by atoms with Crippen LogP contribution in [0.5, 0.6) is 0 Å². The molecular weight excluding hydrogens is 517 g/mol. The molecule has 0 aliphatic heterocycles. The molecule has 0 aromatic rings. The SMILES string of the molecule is C=C[Si](C)O[Si](C)C=C.[Re].[Re]. The minimum absolute atomic E-state index is 0. The second-order valence-electron chi connectivity index (χ2n) is 1.73. The molecule has 0 heterocycles. The zero-order valence-electron chi connectivity index (χ0n) is 6.73. The first-order valence-electron chi connectivity index (χ1n) is 2.80. The van der Waals surface area contributed by atoms with Gasteiger partial charge in [-0.15, -0.1) is 13.2 Å². The molecule has 0 N–H and O–H groups in total. The van der Waals surface area contributed by atoms with Gasteiger partial charge in [-0.1, -0.05) is 11.4 Å². The molecule has 64 valence electrons. The van der Waals surface area contributed by atoms with Gasteiger partial charge < -0.3 is 4.12 Å². The maximum Gasteiger partial charge on any atom is 0.223 e. The molecule has 0 aromatic heterocycles. The Labute approximate surface area is 100 Å². The van der Waals surface area contributed by atoms with E-state index in [9.17, 15) is 0 Å². The van der Waals surface area contributed by atoms with Crippen molar-refractivity contribution in [2.75, 3.05) is 0 Å². The van der Waals surface area contributed by atoms with Gasteiger partial charge in [0.15, 0.2) is 0 Å². The smallest absolute Gasteiger partial charge is 0.223 e. The molecular formula is C6H12ORe2Si2. The van der Waals surface area contributed by atoms with Crippen LogP contribution in [0.4, 0.5) is 0 Å². The zero-order chi connectivity index (χ0) is 7.28. The molecule has 0 spiro atoms. The van der Waals surface area contributed by atoms with Crippen LogP contribution in [-0.4, -0.2) is 18.1 Å². The van der Waals surface area contributed by atoms with Crippen LogP contribution in [0.2, 0.25) is 13.1 Å². The van der Waals surface area contributed by atoms with Crippen molar-refractivity contribution in [2.45, 2.75) is 13.1 Å². The van der Waals surface area contributed by atoms with Crippen molar-refractivity contribution < 1.29 is 45.0 Å². The average molecular weight is 529 g/mol. The summed E-state index contributed by atoms with van der Waals surface area (Å²) in [5.41, 5.74) is 3.78. The third-order valence-electron chi connectivity index (χ3n) is 0.897. The summed E-state index contributed by atoms with van der Waals surface area (Å²) in [5.74, 6) is 0. The van der Waals surface area contributed by atoms with Crippen LogP contribution >= 0.6 is 0 Å². The summed E-state index contributed by atoms with van der Waals surface area (Å²) < 4.78 is 5.52. The van der Waals surface area contributed by atoms with E-state index in [-0.39, 0.29) is 40.8 Å². The van der Waals surface area contributed by atoms with Crippen molar-refractivity contribution >= 4 is 18.1 Å². The fraction of sp³-hybridized carbons (Fsp3) is 0.333. The Morgan fingerprint density at radius 1 is 1.00 bits per heavy atom. The Hall–Kier alpha value is 1.20. The van der Waals surface area contributed by atoms with E-state index in [0.717, 1.165) is 0 Å². The van der Waals surface area contributed by atoms with E-state index in [0.29, 0.717) is 0 Å². The number of rotatable bonds is 4. The van der Waals surface area contributed by atoms with E-state index < -0.39 is 18.1 Å². The van der Waals surface area contributed by atoms with Crippen LogP contribution in [0.25, 0.3) is 0 Å². The van der Waals surface area contributed by atoms with Gasteiger partial charge in [-0.2, -0.15) is 0 Å². The van der Waals surface area contributed by atoms with Crippen LogP contribution in [0, 0.1) is 0 Å². The first-order valence-corrected chi connectivity index (χ1v) is 6.77. The van der Waals surface area contributed by atoms with Gasteiger partial charge in [-0.3, -0.25) is 0 Å². The Bertz CT molecular complexity index is 98.8. The van der Waals surface area contributed by atoms with Crippen molar-refractivity contribution in [3.63, 3.8) is 0 Å². The first-order chi connectivity index (χ1) is 4.20. The summed E-state index contributed by atoms with van der Waals surface area (Å²) in [7, 11) is -1.40. The molecule has 0 bridgehead atoms. The Balaban J connectivity index is -0.000000320. The van der Waals surface area contributed by atoms with Gasteiger partial charge in [-0.25, -0.2) is 0 Å². The van der Waals surface area contributed by atoms with Crippen LogP contribution in [0.3, 0.4) is 0 Å². The Morgan fingerprint density at radius 2 is 1.27 bits per heavy atom. The van der Waals surface area contributed by atoms with Gasteiger partial charge in [0.2, 0.25) is 18.1 Å². The molecule has 0 saturated heterocycles. The second-order valence-corrected chi connectivity index (χ2v) is 5.81. The van der Waals surface area contributed by atoms with Gasteiger partial charge in [0.1, 0.15) is 0 Å². The minimum Gasteiger partial charge on any atom is -0.450 e. The normalized spacial score (nSPS) is 8.36. The molecule has 0 fully saturated rings. The van der Waals surface area contributed by atoms with Gasteiger partial charge >= 0.3 is 0 Å². The van der Waals surface area contributed by atoms with E-state index >= 15 is 0 Å². The van der Waals surface area contributed by atoms with E-state index in [1.165, 1.54) is 0 Å². The number of hydrogen-bond acceptors (Lipinski definition) is 1. The molecule has 1 nitrogen and oxygen atoms in total. The minimum atomic E-state index is -0.702. The van der Waals surface area contributed by atoms with Crippen molar-refractivity contribution in [1.29, 1.82) is 0 Å². The zero-order valence-corrected chi connectivity index (χ0v) is 14.2. The molecule has 0 amide bonds. The van der Waals surface area contributed by atoms with Crippen LogP contribution in [0.1, 0.15) is 0 Å².